The summed E-state index contributed by atoms with van der Waals surface area (Å²) in [5.74, 6) is -0.177. The first-order valence-corrected chi connectivity index (χ1v) is 4.42. The molecule has 2 unspecified atom stereocenters. The van der Waals surface area contributed by atoms with Gasteiger partial charge in [0, 0.05) is 24.2 Å². The van der Waals surface area contributed by atoms with Crippen molar-refractivity contribution in [3.63, 3.8) is 0 Å². The van der Waals surface area contributed by atoms with Crippen molar-refractivity contribution in [2.45, 2.75) is 18.5 Å². The third kappa shape index (κ3) is 1.82. The van der Waals surface area contributed by atoms with Crippen LogP contribution in [0.4, 0.5) is 0 Å². The highest BCUT2D eigenvalue weighted by atomic mass is 16.5. The summed E-state index contributed by atoms with van der Waals surface area (Å²) < 4.78 is 0.639. The molecule has 1 amide bonds. The van der Waals surface area contributed by atoms with Crippen LogP contribution >= 0.6 is 0 Å². The number of nitrogens with zero attached hydrogens (tertiary/aromatic N) is 1. The lowest BCUT2D eigenvalue weighted by molar-refractivity contribution is -0.605. The first kappa shape index (κ1) is 8.96. The second-order valence-corrected chi connectivity index (χ2v) is 3.43. The summed E-state index contributed by atoms with van der Waals surface area (Å²) >= 11 is 0. The molecule has 1 heterocycles. The van der Waals surface area contributed by atoms with Gasteiger partial charge in [0.1, 0.15) is 0 Å². The molecule has 3 N–H and O–H groups in total. The van der Waals surface area contributed by atoms with E-state index in [2.05, 4.69) is 5.32 Å². The summed E-state index contributed by atoms with van der Waals surface area (Å²) in [5.41, 5.74) is 6.03. The van der Waals surface area contributed by atoms with Crippen LogP contribution in [-0.2, 0) is 0 Å². The number of rotatable bonds is 2. The molecule has 1 fully saturated rings. The van der Waals surface area contributed by atoms with Crippen LogP contribution in [0.2, 0.25) is 0 Å². The van der Waals surface area contributed by atoms with E-state index in [0.29, 0.717) is 10.3 Å². The topological polar surface area (TPSA) is 82.1 Å². The Balaban J connectivity index is 2.00. The van der Waals surface area contributed by atoms with Gasteiger partial charge in [-0.25, -0.2) is 0 Å². The molecular formula is C9H11N3O2. The van der Waals surface area contributed by atoms with Gasteiger partial charge in [-0.2, -0.15) is 4.73 Å². The van der Waals surface area contributed by atoms with Crippen LogP contribution in [0.3, 0.4) is 0 Å². The van der Waals surface area contributed by atoms with Gasteiger partial charge in [-0.15, -0.1) is 0 Å². The SMILES string of the molecule is NC1CC1NC(=O)c1cc[n+]([O-])cc1. The van der Waals surface area contributed by atoms with Crippen molar-refractivity contribution in [3.8, 4) is 0 Å². The molecule has 0 radical (unpaired) electrons. The molecule has 74 valence electrons. The molecule has 1 aliphatic rings. The maximum atomic E-state index is 11.5. The summed E-state index contributed by atoms with van der Waals surface area (Å²) in [4.78, 5) is 11.5. The van der Waals surface area contributed by atoms with Crippen LogP contribution in [0, 0.1) is 5.21 Å². The molecule has 0 saturated heterocycles. The maximum absolute atomic E-state index is 11.5. The lowest BCUT2D eigenvalue weighted by atomic mass is 10.2. The van der Waals surface area contributed by atoms with Gasteiger partial charge >= 0.3 is 0 Å². The summed E-state index contributed by atoms with van der Waals surface area (Å²) in [5, 5.41) is 13.5. The third-order valence-electron chi connectivity index (χ3n) is 2.22. The molecule has 2 atom stereocenters. The molecular weight excluding hydrogens is 182 g/mol. The van der Waals surface area contributed by atoms with Crippen molar-refractivity contribution in [2.75, 3.05) is 0 Å². The number of carbonyl (C=O) groups is 1. The molecule has 5 heteroatoms. The minimum Gasteiger partial charge on any atom is -0.619 e. The maximum Gasteiger partial charge on any atom is 0.252 e. The van der Waals surface area contributed by atoms with Crippen LogP contribution in [0.5, 0.6) is 0 Å². The second-order valence-electron chi connectivity index (χ2n) is 3.43. The number of pyridine rings is 1. The van der Waals surface area contributed by atoms with E-state index in [1.807, 2.05) is 0 Å². The molecule has 1 aromatic heterocycles. The third-order valence-corrected chi connectivity index (χ3v) is 2.22. The van der Waals surface area contributed by atoms with Gasteiger partial charge in [0.05, 0.1) is 5.56 Å². The van der Waals surface area contributed by atoms with Gasteiger partial charge in [0.15, 0.2) is 12.4 Å². The molecule has 0 aliphatic heterocycles. The smallest absolute Gasteiger partial charge is 0.252 e. The average Bonchev–Trinajstić information content (AvgIpc) is 2.82. The number of hydrogen-bond donors (Lipinski definition) is 2. The quantitative estimate of drug-likeness (QED) is 0.474. The van der Waals surface area contributed by atoms with Crippen molar-refractivity contribution in [1.82, 2.24) is 5.32 Å². The molecule has 1 aromatic rings. The van der Waals surface area contributed by atoms with Gasteiger partial charge in [-0.1, -0.05) is 0 Å². The number of nitrogens with one attached hydrogen (secondary N) is 1. The zero-order chi connectivity index (χ0) is 10.1. The number of nitrogens with two attached hydrogens (primary N) is 1. The summed E-state index contributed by atoms with van der Waals surface area (Å²) in [6.07, 6.45) is 3.42. The molecule has 5 nitrogen and oxygen atoms in total. The number of aromatic nitrogens is 1. The molecule has 0 spiro atoms. The van der Waals surface area contributed by atoms with E-state index in [1.54, 1.807) is 0 Å². The summed E-state index contributed by atoms with van der Waals surface area (Å²) in [6.45, 7) is 0. The first-order chi connectivity index (χ1) is 6.66. The van der Waals surface area contributed by atoms with Crippen molar-refractivity contribution < 1.29 is 9.52 Å². The van der Waals surface area contributed by atoms with Crippen LogP contribution in [0.15, 0.2) is 24.5 Å². The Morgan fingerprint density at radius 2 is 2.14 bits per heavy atom. The van der Waals surface area contributed by atoms with E-state index in [0.717, 1.165) is 6.42 Å². The Morgan fingerprint density at radius 3 is 2.64 bits per heavy atom. The monoisotopic (exact) mass is 193 g/mol. The Hall–Kier alpha value is -1.62. The van der Waals surface area contributed by atoms with Gasteiger partial charge in [-0.05, 0) is 6.42 Å². The van der Waals surface area contributed by atoms with E-state index in [1.165, 1.54) is 24.5 Å². The zero-order valence-electron chi connectivity index (χ0n) is 7.51. The summed E-state index contributed by atoms with van der Waals surface area (Å²) in [6, 6.07) is 3.15. The fraction of sp³-hybridized carbons (Fsp3) is 0.333. The largest absolute Gasteiger partial charge is 0.619 e. The minimum absolute atomic E-state index is 0.0899. The molecule has 1 aliphatic carbocycles. The minimum atomic E-state index is -0.177. The lowest BCUT2D eigenvalue weighted by Gasteiger charge is -2.02. The van der Waals surface area contributed by atoms with Gasteiger partial charge in [0.2, 0.25) is 0 Å². The predicted octanol–water partition coefficient (Wildman–Crippen LogP) is -0.851. The molecule has 0 bridgehead atoms. The van der Waals surface area contributed by atoms with Crippen molar-refractivity contribution in [3.05, 3.63) is 35.3 Å². The molecule has 2 rings (SSSR count). The van der Waals surface area contributed by atoms with Crippen molar-refractivity contribution in [1.29, 1.82) is 0 Å². The van der Waals surface area contributed by atoms with Crippen LogP contribution in [0.25, 0.3) is 0 Å². The Morgan fingerprint density at radius 1 is 1.57 bits per heavy atom. The number of hydrogen-bond acceptors (Lipinski definition) is 3. The first-order valence-electron chi connectivity index (χ1n) is 4.42. The number of amides is 1. The molecule has 1 saturated carbocycles. The second kappa shape index (κ2) is 3.26. The number of carbonyl (C=O) groups excluding carboxylic acids is 1. The highest BCUT2D eigenvalue weighted by Crippen LogP contribution is 2.18. The fourth-order valence-electron chi connectivity index (χ4n) is 1.20. The fourth-order valence-corrected chi connectivity index (χ4v) is 1.20. The van der Waals surface area contributed by atoms with E-state index < -0.39 is 0 Å². The van der Waals surface area contributed by atoms with E-state index >= 15 is 0 Å². The van der Waals surface area contributed by atoms with Gasteiger partial charge in [-0.3, -0.25) is 4.79 Å². The van der Waals surface area contributed by atoms with Crippen molar-refractivity contribution >= 4 is 5.91 Å². The van der Waals surface area contributed by atoms with Crippen molar-refractivity contribution in [2.24, 2.45) is 5.73 Å². The lowest BCUT2D eigenvalue weighted by Crippen LogP contribution is -2.31. The van der Waals surface area contributed by atoms with Crippen LogP contribution in [-0.4, -0.2) is 18.0 Å². The van der Waals surface area contributed by atoms with E-state index in [-0.39, 0.29) is 18.0 Å². The summed E-state index contributed by atoms with van der Waals surface area (Å²) in [7, 11) is 0. The highest BCUT2D eigenvalue weighted by molar-refractivity contribution is 5.94. The highest BCUT2D eigenvalue weighted by Gasteiger charge is 2.34. The predicted molar refractivity (Wildman–Crippen MR) is 49.2 cm³/mol. The normalized spacial score (nSPS) is 24.4. The average molecular weight is 193 g/mol. The van der Waals surface area contributed by atoms with Gasteiger partial charge in [0.25, 0.3) is 5.91 Å². The Labute approximate surface area is 81.1 Å². The van der Waals surface area contributed by atoms with Gasteiger partial charge < -0.3 is 16.3 Å². The van der Waals surface area contributed by atoms with E-state index in [4.69, 9.17) is 5.73 Å². The zero-order valence-corrected chi connectivity index (χ0v) is 7.51. The van der Waals surface area contributed by atoms with E-state index in [9.17, 15) is 10.0 Å². The Kier molecular flexibility index (Phi) is 2.09. The van der Waals surface area contributed by atoms with Crippen LogP contribution in [0.1, 0.15) is 16.8 Å². The standard InChI is InChI=1S/C9H11N3O2/c10-7-5-8(7)11-9(13)6-1-3-12(14)4-2-6/h1-4,7-8H,5,10H2,(H,11,13). The molecule has 14 heavy (non-hydrogen) atoms. The van der Waals surface area contributed by atoms with Crippen LogP contribution < -0.4 is 15.8 Å². The molecule has 0 aromatic carbocycles. The Bertz CT molecular complexity index is 350.